The minimum Gasteiger partial charge on any atom is -0.467 e. The molecular formula is C16H20N4O3S. The molecule has 2 fully saturated rings. The Morgan fingerprint density at radius 1 is 1.50 bits per heavy atom. The fourth-order valence-electron chi connectivity index (χ4n) is 3.49. The van der Waals surface area contributed by atoms with E-state index in [9.17, 15) is 4.79 Å². The lowest BCUT2D eigenvalue weighted by molar-refractivity contribution is -0.126. The zero-order chi connectivity index (χ0) is 16.5. The van der Waals surface area contributed by atoms with Crippen molar-refractivity contribution in [3.63, 3.8) is 0 Å². The number of hydrogen-bond acceptors (Lipinski definition) is 7. The first-order valence-corrected chi connectivity index (χ1v) is 9.01. The summed E-state index contributed by atoms with van der Waals surface area (Å²) in [5.74, 6) is 0.667. The first kappa shape index (κ1) is 15.6. The van der Waals surface area contributed by atoms with Crippen molar-refractivity contribution in [2.24, 2.45) is 5.92 Å². The SMILES string of the molecule is Cc1nnc(N2C[C@@H](C(=O)NCc3ccco3)C[C@H]3OCC[C@H]32)s1. The van der Waals surface area contributed by atoms with Crippen LogP contribution in [-0.2, 0) is 16.1 Å². The average molecular weight is 348 g/mol. The molecule has 8 heteroatoms. The molecule has 128 valence electrons. The number of fused-ring (bicyclic) bond motifs is 1. The summed E-state index contributed by atoms with van der Waals surface area (Å²) >= 11 is 1.57. The number of hydrogen-bond donors (Lipinski definition) is 1. The Bertz CT molecular complexity index is 702. The molecular weight excluding hydrogens is 328 g/mol. The van der Waals surface area contributed by atoms with Crippen LogP contribution in [0.25, 0.3) is 0 Å². The first-order valence-electron chi connectivity index (χ1n) is 8.19. The van der Waals surface area contributed by atoms with Crippen LogP contribution < -0.4 is 10.2 Å². The zero-order valence-electron chi connectivity index (χ0n) is 13.5. The van der Waals surface area contributed by atoms with E-state index in [-0.39, 0.29) is 17.9 Å². The minimum absolute atomic E-state index is 0.0339. The zero-order valence-corrected chi connectivity index (χ0v) is 14.3. The Kier molecular flexibility index (Phi) is 4.24. The number of furan rings is 1. The molecule has 2 saturated heterocycles. The van der Waals surface area contributed by atoms with Crippen LogP contribution in [0.15, 0.2) is 22.8 Å². The van der Waals surface area contributed by atoms with Crippen molar-refractivity contribution in [3.05, 3.63) is 29.2 Å². The third-order valence-corrected chi connectivity index (χ3v) is 5.53. The number of nitrogens with zero attached hydrogens (tertiary/aromatic N) is 3. The van der Waals surface area contributed by atoms with Gasteiger partial charge in [0.05, 0.1) is 30.9 Å². The fourth-order valence-corrected chi connectivity index (χ4v) is 4.25. The van der Waals surface area contributed by atoms with Crippen LogP contribution in [0.4, 0.5) is 5.13 Å². The normalized spacial score (nSPS) is 26.4. The lowest BCUT2D eigenvalue weighted by Crippen LogP contribution is -2.53. The van der Waals surface area contributed by atoms with Gasteiger partial charge in [0.1, 0.15) is 10.8 Å². The summed E-state index contributed by atoms with van der Waals surface area (Å²) in [4.78, 5) is 14.8. The molecule has 0 spiro atoms. The summed E-state index contributed by atoms with van der Waals surface area (Å²) < 4.78 is 11.1. The Labute approximate surface area is 144 Å². The van der Waals surface area contributed by atoms with E-state index < -0.39 is 0 Å². The molecule has 0 aliphatic carbocycles. The Balaban J connectivity index is 1.46. The molecule has 4 heterocycles. The van der Waals surface area contributed by atoms with E-state index in [0.29, 0.717) is 19.1 Å². The van der Waals surface area contributed by atoms with Crippen LogP contribution >= 0.6 is 11.3 Å². The highest BCUT2D eigenvalue weighted by Gasteiger charge is 2.43. The molecule has 0 aromatic carbocycles. The van der Waals surface area contributed by atoms with Crippen molar-refractivity contribution in [1.29, 1.82) is 0 Å². The number of carbonyl (C=O) groups excluding carboxylic acids is 1. The smallest absolute Gasteiger partial charge is 0.225 e. The molecule has 0 unspecified atom stereocenters. The molecule has 2 aromatic rings. The van der Waals surface area contributed by atoms with Gasteiger partial charge in [-0.25, -0.2) is 0 Å². The highest BCUT2D eigenvalue weighted by atomic mass is 32.1. The largest absolute Gasteiger partial charge is 0.467 e. The summed E-state index contributed by atoms with van der Waals surface area (Å²) in [7, 11) is 0. The van der Waals surface area contributed by atoms with Gasteiger partial charge in [0, 0.05) is 13.2 Å². The number of aromatic nitrogens is 2. The molecule has 2 aromatic heterocycles. The number of rotatable bonds is 4. The number of carbonyl (C=O) groups is 1. The molecule has 7 nitrogen and oxygen atoms in total. The molecule has 0 saturated carbocycles. The van der Waals surface area contributed by atoms with Crippen molar-refractivity contribution >= 4 is 22.4 Å². The molecule has 24 heavy (non-hydrogen) atoms. The summed E-state index contributed by atoms with van der Waals surface area (Å²) in [6.07, 6.45) is 3.42. The van der Waals surface area contributed by atoms with Gasteiger partial charge in [-0.05, 0) is 31.9 Å². The lowest BCUT2D eigenvalue weighted by Gasteiger charge is -2.39. The van der Waals surface area contributed by atoms with E-state index in [0.717, 1.165) is 35.3 Å². The van der Waals surface area contributed by atoms with Gasteiger partial charge in [-0.1, -0.05) is 11.3 Å². The van der Waals surface area contributed by atoms with Crippen LogP contribution in [0, 0.1) is 12.8 Å². The van der Waals surface area contributed by atoms with E-state index in [1.165, 1.54) is 0 Å². The quantitative estimate of drug-likeness (QED) is 0.906. The summed E-state index contributed by atoms with van der Waals surface area (Å²) in [5.41, 5.74) is 0. The van der Waals surface area contributed by atoms with Gasteiger partial charge in [-0.2, -0.15) is 0 Å². The third-order valence-electron chi connectivity index (χ3n) is 4.66. The van der Waals surface area contributed by atoms with Crippen LogP contribution in [-0.4, -0.2) is 41.4 Å². The van der Waals surface area contributed by atoms with Crippen LogP contribution in [0.2, 0.25) is 0 Å². The number of piperidine rings is 1. The van der Waals surface area contributed by atoms with Crippen molar-refractivity contribution in [2.45, 2.75) is 38.5 Å². The topological polar surface area (TPSA) is 80.5 Å². The third kappa shape index (κ3) is 3.03. The number of aryl methyl sites for hydroxylation is 1. The van der Waals surface area contributed by atoms with Crippen molar-refractivity contribution in [2.75, 3.05) is 18.1 Å². The van der Waals surface area contributed by atoms with E-state index >= 15 is 0 Å². The highest BCUT2D eigenvalue weighted by molar-refractivity contribution is 7.15. The molecule has 1 amide bonds. The summed E-state index contributed by atoms with van der Waals surface area (Å²) in [5, 5.41) is 13.2. The molecule has 0 bridgehead atoms. The lowest BCUT2D eigenvalue weighted by atomic mass is 9.90. The maximum atomic E-state index is 12.6. The predicted octanol–water partition coefficient (Wildman–Crippen LogP) is 1.74. The Morgan fingerprint density at radius 2 is 2.42 bits per heavy atom. The van der Waals surface area contributed by atoms with Gasteiger partial charge in [0.25, 0.3) is 0 Å². The van der Waals surface area contributed by atoms with E-state index in [4.69, 9.17) is 9.15 Å². The molecule has 1 N–H and O–H groups in total. The molecule has 2 aliphatic rings. The maximum Gasteiger partial charge on any atom is 0.225 e. The van der Waals surface area contributed by atoms with Crippen molar-refractivity contribution in [1.82, 2.24) is 15.5 Å². The second kappa shape index (κ2) is 6.52. The minimum atomic E-state index is -0.122. The predicted molar refractivity (Wildman–Crippen MR) is 88.8 cm³/mol. The molecule has 2 aliphatic heterocycles. The van der Waals surface area contributed by atoms with Crippen molar-refractivity contribution < 1.29 is 13.9 Å². The average Bonchev–Trinajstić information content (AvgIpc) is 3.32. The van der Waals surface area contributed by atoms with Crippen LogP contribution in [0.1, 0.15) is 23.6 Å². The number of nitrogens with one attached hydrogen (secondary N) is 1. The van der Waals surface area contributed by atoms with Gasteiger partial charge < -0.3 is 19.4 Å². The van der Waals surface area contributed by atoms with Gasteiger partial charge >= 0.3 is 0 Å². The van der Waals surface area contributed by atoms with Gasteiger partial charge in [0.2, 0.25) is 11.0 Å². The summed E-state index contributed by atoms with van der Waals surface area (Å²) in [6, 6.07) is 3.97. The van der Waals surface area contributed by atoms with E-state index in [2.05, 4.69) is 20.4 Å². The maximum absolute atomic E-state index is 12.6. The molecule has 3 atom stereocenters. The highest BCUT2D eigenvalue weighted by Crippen LogP contribution is 2.35. The number of ether oxygens (including phenoxy) is 1. The van der Waals surface area contributed by atoms with Gasteiger partial charge in [-0.3, -0.25) is 4.79 Å². The number of amides is 1. The standard InChI is InChI=1S/C16H20N4O3S/c1-10-18-19-16(24-10)20-9-11(7-14-13(20)4-6-23-14)15(21)17-8-12-3-2-5-22-12/h2-3,5,11,13-14H,4,6-9H2,1H3,(H,17,21)/t11-,13+,14+/m0/s1. The molecule has 0 radical (unpaired) electrons. The molecule has 4 rings (SSSR count). The van der Waals surface area contributed by atoms with Crippen LogP contribution in [0.3, 0.4) is 0 Å². The van der Waals surface area contributed by atoms with E-state index in [1.54, 1.807) is 17.6 Å². The Morgan fingerprint density at radius 3 is 3.17 bits per heavy atom. The van der Waals surface area contributed by atoms with Gasteiger partial charge in [0.15, 0.2) is 0 Å². The second-order valence-corrected chi connectivity index (χ2v) is 7.41. The van der Waals surface area contributed by atoms with Crippen LogP contribution in [0.5, 0.6) is 0 Å². The fraction of sp³-hybridized carbons (Fsp3) is 0.562. The summed E-state index contributed by atoms with van der Waals surface area (Å²) in [6.45, 7) is 3.75. The Hall–Kier alpha value is -1.93. The first-order chi connectivity index (χ1) is 11.7. The monoisotopic (exact) mass is 348 g/mol. The second-order valence-electron chi connectivity index (χ2n) is 6.25. The van der Waals surface area contributed by atoms with Crippen molar-refractivity contribution in [3.8, 4) is 0 Å². The number of anilines is 1. The van der Waals surface area contributed by atoms with E-state index in [1.807, 2.05) is 19.1 Å². The van der Waals surface area contributed by atoms with Gasteiger partial charge in [-0.15, -0.1) is 10.2 Å².